The fraction of sp³-hybridized carbons (Fsp3) is 0.440. The van der Waals surface area contributed by atoms with Crippen LogP contribution in [0.15, 0.2) is 24.3 Å². The molecule has 0 unspecified atom stereocenters. The van der Waals surface area contributed by atoms with Crippen molar-refractivity contribution in [2.24, 2.45) is 0 Å². The Kier molecular flexibility index (Phi) is 5.45. The van der Waals surface area contributed by atoms with Crippen molar-refractivity contribution < 1.29 is 19.1 Å². The molecule has 0 bridgehead atoms. The topological polar surface area (TPSA) is 60.8 Å². The first kappa shape index (κ1) is 21.1. The Morgan fingerprint density at radius 3 is 2.69 bits per heavy atom. The maximum absolute atomic E-state index is 13.2. The summed E-state index contributed by atoms with van der Waals surface area (Å²) in [5, 5.41) is 0. The maximum atomic E-state index is 13.2. The lowest BCUT2D eigenvalue weighted by Crippen LogP contribution is -2.28. The molecule has 1 amide bonds. The van der Waals surface area contributed by atoms with Crippen LogP contribution in [0.3, 0.4) is 0 Å². The van der Waals surface area contributed by atoms with Crippen molar-refractivity contribution >= 4 is 39.1 Å². The van der Waals surface area contributed by atoms with Crippen molar-refractivity contribution in [1.29, 1.82) is 0 Å². The Bertz CT molecular complexity index is 1200. The highest BCUT2D eigenvalue weighted by molar-refractivity contribution is 7.21. The fourth-order valence-electron chi connectivity index (χ4n) is 5.20. The number of esters is 1. The molecule has 0 N–H and O–H groups in total. The van der Waals surface area contributed by atoms with E-state index in [-0.39, 0.29) is 18.4 Å². The average Bonchev–Trinajstić information content (AvgIpc) is 3.34. The van der Waals surface area contributed by atoms with Crippen LogP contribution in [-0.4, -0.2) is 37.2 Å². The van der Waals surface area contributed by atoms with Crippen LogP contribution < -0.4 is 9.64 Å². The van der Waals surface area contributed by atoms with Crippen molar-refractivity contribution in [3.05, 3.63) is 34.7 Å². The van der Waals surface area contributed by atoms with E-state index in [4.69, 9.17) is 9.47 Å². The van der Waals surface area contributed by atoms with Gasteiger partial charge in [0.15, 0.2) is 0 Å². The smallest absolute Gasteiger partial charge is 0.348 e. The third kappa shape index (κ3) is 3.30. The number of fused-ring (bicyclic) bond motifs is 5. The Labute approximate surface area is 191 Å². The van der Waals surface area contributed by atoms with Crippen molar-refractivity contribution in [3.8, 4) is 17.0 Å². The number of aromatic nitrogens is 1. The van der Waals surface area contributed by atoms with E-state index in [1.807, 2.05) is 32.2 Å². The Hall–Kier alpha value is -2.80. The molecule has 2 aliphatic rings. The highest BCUT2D eigenvalue weighted by Crippen LogP contribution is 2.49. The van der Waals surface area contributed by atoms with Crippen LogP contribution in [0.25, 0.3) is 21.5 Å². The lowest BCUT2D eigenvalue weighted by molar-refractivity contribution is -0.118. The number of anilines is 1. The molecule has 1 aliphatic carbocycles. The van der Waals surface area contributed by atoms with Crippen LogP contribution in [0.1, 0.15) is 60.2 Å². The first-order chi connectivity index (χ1) is 15.5. The summed E-state index contributed by atoms with van der Waals surface area (Å²) in [6.45, 7) is 2.77. The second kappa shape index (κ2) is 8.28. The molecular formula is C25H28N2O4S. The van der Waals surface area contributed by atoms with Gasteiger partial charge in [-0.15, -0.1) is 11.3 Å². The van der Waals surface area contributed by atoms with Gasteiger partial charge >= 0.3 is 5.97 Å². The third-order valence-corrected chi connectivity index (χ3v) is 7.87. The number of benzene rings is 1. The number of hydrogen-bond donors (Lipinski definition) is 0. The molecule has 0 spiro atoms. The number of carbonyl (C=O) groups excluding carboxylic acids is 2. The molecule has 32 heavy (non-hydrogen) atoms. The van der Waals surface area contributed by atoms with Crippen LogP contribution in [-0.2, 0) is 16.1 Å². The Morgan fingerprint density at radius 2 is 1.97 bits per heavy atom. The molecule has 2 aromatic heterocycles. The van der Waals surface area contributed by atoms with E-state index in [0.717, 1.165) is 45.8 Å². The van der Waals surface area contributed by atoms with Gasteiger partial charge in [0.25, 0.3) is 0 Å². The number of thiophene rings is 1. The van der Waals surface area contributed by atoms with E-state index in [1.54, 1.807) is 4.90 Å². The molecule has 1 fully saturated rings. The lowest BCUT2D eigenvalue weighted by Gasteiger charge is -2.24. The predicted molar refractivity (Wildman–Crippen MR) is 127 cm³/mol. The van der Waals surface area contributed by atoms with Gasteiger partial charge in [0, 0.05) is 18.7 Å². The molecule has 0 radical (unpaired) electrons. The van der Waals surface area contributed by atoms with Gasteiger partial charge in [-0.05, 0) is 49.4 Å². The van der Waals surface area contributed by atoms with Crippen LogP contribution in [0.2, 0.25) is 0 Å². The zero-order valence-electron chi connectivity index (χ0n) is 18.8. The molecular weight excluding hydrogens is 424 g/mol. The van der Waals surface area contributed by atoms with Crippen molar-refractivity contribution in [2.75, 3.05) is 25.7 Å². The number of carbonyl (C=O) groups is 2. The number of hydrogen-bond acceptors (Lipinski definition) is 5. The summed E-state index contributed by atoms with van der Waals surface area (Å²) < 4.78 is 14.0. The standard InChI is InChI=1S/C25H28N2O4S/c1-4-31-16-10-11-17-18(12-16)26(2)21(28)14-27-19-13-20(25(29)30-3)32-24(19)22(23(17)27)15-8-6-5-7-9-15/h10-13,15H,4-9,14H2,1-3H3. The summed E-state index contributed by atoms with van der Waals surface area (Å²) in [7, 11) is 3.24. The van der Waals surface area contributed by atoms with E-state index in [1.165, 1.54) is 43.3 Å². The molecule has 3 heterocycles. The minimum absolute atomic E-state index is 0.0107. The summed E-state index contributed by atoms with van der Waals surface area (Å²) in [5.41, 5.74) is 5.27. The van der Waals surface area contributed by atoms with Crippen LogP contribution in [0.4, 0.5) is 5.69 Å². The molecule has 6 nitrogen and oxygen atoms in total. The minimum atomic E-state index is -0.325. The molecule has 5 rings (SSSR count). The molecule has 1 aromatic carbocycles. The minimum Gasteiger partial charge on any atom is -0.494 e. The number of methoxy groups -OCH3 is 1. The zero-order chi connectivity index (χ0) is 22.4. The first-order valence-electron chi connectivity index (χ1n) is 11.3. The second-order valence-corrected chi connectivity index (χ2v) is 9.62. The Morgan fingerprint density at radius 1 is 1.19 bits per heavy atom. The van der Waals surface area contributed by atoms with Gasteiger partial charge in [0.2, 0.25) is 5.91 Å². The van der Waals surface area contributed by atoms with Gasteiger partial charge in [-0.25, -0.2) is 4.79 Å². The van der Waals surface area contributed by atoms with Gasteiger partial charge in [-0.2, -0.15) is 0 Å². The first-order valence-corrected chi connectivity index (χ1v) is 12.1. The Balaban J connectivity index is 1.80. The van der Waals surface area contributed by atoms with Gasteiger partial charge in [0.1, 0.15) is 17.2 Å². The van der Waals surface area contributed by atoms with E-state index >= 15 is 0 Å². The summed E-state index contributed by atoms with van der Waals surface area (Å²) >= 11 is 1.49. The molecule has 1 saturated carbocycles. The van der Waals surface area contributed by atoms with Crippen molar-refractivity contribution in [3.63, 3.8) is 0 Å². The van der Waals surface area contributed by atoms with Crippen LogP contribution in [0.5, 0.6) is 5.75 Å². The third-order valence-electron chi connectivity index (χ3n) is 6.74. The SMILES string of the molecule is CCOc1ccc2c(c1)N(C)C(=O)Cn1c-2c(C2CCCCC2)c2sc(C(=O)OC)cc21. The van der Waals surface area contributed by atoms with Gasteiger partial charge < -0.3 is 18.9 Å². The number of rotatable bonds is 4. The van der Waals surface area contributed by atoms with E-state index in [0.29, 0.717) is 17.4 Å². The maximum Gasteiger partial charge on any atom is 0.348 e. The zero-order valence-corrected chi connectivity index (χ0v) is 19.6. The monoisotopic (exact) mass is 452 g/mol. The molecule has 0 saturated heterocycles. The van der Waals surface area contributed by atoms with E-state index < -0.39 is 0 Å². The average molecular weight is 453 g/mol. The second-order valence-electron chi connectivity index (χ2n) is 8.56. The highest BCUT2D eigenvalue weighted by atomic mass is 32.1. The lowest BCUT2D eigenvalue weighted by atomic mass is 9.83. The van der Waals surface area contributed by atoms with Crippen molar-refractivity contribution in [2.45, 2.75) is 51.5 Å². The summed E-state index contributed by atoms with van der Waals surface area (Å²) in [4.78, 5) is 27.8. The summed E-state index contributed by atoms with van der Waals surface area (Å²) in [5.74, 6) is 0.870. The molecule has 1 aliphatic heterocycles. The van der Waals surface area contributed by atoms with E-state index in [9.17, 15) is 9.59 Å². The summed E-state index contributed by atoms with van der Waals surface area (Å²) in [6, 6.07) is 7.94. The molecule has 168 valence electrons. The van der Waals surface area contributed by atoms with Gasteiger partial charge in [-0.3, -0.25) is 4.79 Å². The summed E-state index contributed by atoms with van der Waals surface area (Å²) in [6.07, 6.45) is 5.95. The number of nitrogens with zero attached hydrogens (tertiary/aromatic N) is 2. The van der Waals surface area contributed by atoms with E-state index in [2.05, 4.69) is 10.6 Å². The molecule has 7 heteroatoms. The normalized spacial score (nSPS) is 16.6. The largest absolute Gasteiger partial charge is 0.494 e. The predicted octanol–water partition coefficient (Wildman–Crippen LogP) is 5.58. The van der Waals surface area contributed by atoms with Gasteiger partial charge in [-0.1, -0.05) is 19.3 Å². The fourth-order valence-corrected chi connectivity index (χ4v) is 6.40. The van der Waals surface area contributed by atoms with Crippen LogP contribution >= 0.6 is 11.3 Å². The molecule has 0 atom stereocenters. The number of ether oxygens (including phenoxy) is 2. The highest BCUT2D eigenvalue weighted by Gasteiger charge is 2.33. The number of likely N-dealkylation sites (N-methyl/N-ethyl adjacent to an activating group) is 1. The van der Waals surface area contributed by atoms with Gasteiger partial charge in [0.05, 0.1) is 35.3 Å². The van der Waals surface area contributed by atoms with Crippen LogP contribution in [0, 0.1) is 0 Å². The molecule has 3 aromatic rings. The number of amides is 1. The van der Waals surface area contributed by atoms with Crippen molar-refractivity contribution in [1.82, 2.24) is 4.57 Å². The quantitative estimate of drug-likeness (QED) is 0.485.